The summed E-state index contributed by atoms with van der Waals surface area (Å²) >= 11 is 0. The van der Waals surface area contributed by atoms with Crippen LogP contribution in [0.15, 0.2) is 16.9 Å². The van der Waals surface area contributed by atoms with Gasteiger partial charge in [-0.05, 0) is 56.0 Å². The normalized spacial score (nSPS) is 22.7. The summed E-state index contributed by atoms with van der Waals surface area (Å²) in [5.74, 6) is -1.04. The number of carbonyl (C=O) groups is 1. The molecule has 3 aliphatic rings. The zero-order valence-corrected chi connectivity index (χ0v) is 18.7. The molecule has 2 N–H and O–H groups in total. The molecule has 2 atom stereocenters. The van der Waals surface area contributed by atoms with Crippen LogP contribution >= 0.6 is 0 Å². The summed E-state index contributed by atoms with van der Waals surface area (Å²) < 4.78 is 21.5. The van der Waals surface area contributed by atoms with Crippen molar-refractivity contribution in [2.75, 3.05) is 7.05 Å². The Morgan fingerprint density at radius 2 is 2.09 bits per heavy atom. The van der Waals surface area contributed by atoms with E-state index in [0.29, 0.717) is 34.6 Å². The Kier molecular flexibility index (Phi) is 4.17. The Morgan fingerprint density at radius 1 is 1.30 bits per heavy atom. The molecule has 0 saturated heterocycles. The lowest BCUT2D eigenvalue weighted by atomic mass is 9.81. The summed E-state index contributed by atoms with van der Waals surface area (Å²) in [6, 6.07) is 3.22. The molecular formula is C25H24FN3O4. The summed E-state index contributed by atoms with van der Waals surface area (Å²) in [4.78, 5) is 30.7. The molecule has 1 unspecified atom stereocenters. The Bertz CT molecular complexity index is 1460. The molecule has 33 heavy (non-hydrogen) atoms. The number of fused-ring (bicyclic) bond motifs is 5. The highest BCUT2D eigenvalue weighted by Gasteiger charge is 2.45. The fourth-order valence-corrected chi connectivity index (χ4v) is 5.84. The van der Waals surface area contributed by atoms with Crippen LogP contribution in [0.1, 0.15) is 59.2 Å². The van der Waals surface area contributed by atoms with E-state index < -0.39 is 11.6 Å². The van der Waals surface area contributed by atoms with Crippen LogP contribution in [0.25, 0.3) is 22.3 Å². The Labute approximate surface area is 189 Å². The smallest absolute Gasteiger partial charge is 0.343 e. The van der Waals surface area contributed by atoms with Crippen LogP contribution in [0.4, 0.5) is 4.39 Å². The maximum absolute atomic E-state index is 14.8. The number of ether oxygens (including phenoxy) is 1. The van der Waals surface area contributed by atoms with Crippen LogP contribution in [-0.2, 0) is 34.7 Å². The van der Waals surface area contributed by atoms with Gasteiger partial charge in [0.1, 0.15) is 12.4 Å². The van der Waals surface area contributed by atoms with Crippen molar-refractivity contribution in [3.05, 3.63) is 61.7 Å². The number of aryl methyl sites for hydroxylation is 1. The predicted molar refractivity (Wildman–Crippen MR) is 119 cm³/mol. The lowest BCUT2D eigenvalue weighted by Gasteiger charge is -2.31. The first kappa shape index (κ1) is 20.5. The van der Waals surface area contributed by atoms with E-state index >= 15 is 0 Å². The first-order chi connectivity index (χ1) is 15.8. The van der Waals surface area contributed by atoms with Gasteiger partial charge in [0.25, 0.3) is 5.56 Å². The SMILES string of the molecule is CC[C@@]1(O)C(=O)OCc2c1cc1n(c2=O)Cc2c-1nc1cc(F)c(C)c3c1c2C(NC)CC3. The van der Waals surface area contributed by atoms with Crippen molar-refractivity contribution >= 4 is 16.9 Å². The first-order valence-corrected chi connectivity index (χ1v) is 11.3. The zero-order valence-electron chi connectivity index (χ0n) is 18.7. The molecule has 2 aromatic heterocycles. The van der Waals surface area contributed by atoms with Crippen molar-refractivity contribution in [3.8, 4) is 11.4 Å². The van der Waals surface area contributed by atoms with E-state index in [1.165, 1.54) is 6.07 Å². The Hall–Kier alpha value is -3.10. The second-order valence-corrected chi connectivity index (χ2v) is 9.19. The Balaban J connectivity index is 1.70. The average molecular weight is 449 g/mol. The molecule has 3 aromatic rings. The van der Waals surface area contributed by atoms with Crippen LogP contribution in [0.5, 0.6) is 0 Å². The van der Waals surface area contributed by atoms with E-state index in [9.17, 15) is 19.1 Å². The minimum atomic E-state index is -1.87. The highest BCUT2D eigenvalue weighted by atomic mass is 19.1. The number of pyridine rings is 2. The predicted octanol–water partition coefficient (Wildman–Crippen LogP) is 2.73. The van der Waals surface area contributed by atoms with Crippen LogP contribution in [-0.4, -0.2) is 27.7 Å². The second-order valence-electron chi connectivity index (χ2n) is 9.19. The van der Waals surface area contributed by atoms with Crippen molar-refractivity contribution in [2.24, 2.45) is 0 Å². The topological polar surface area (TPSA) is 93.5 Å². The summed E-state index contributed by atoms with van der Waals surface area (Å²) in [6.07, 6.45) is 1.66. The van der Waals surface area contributed by atoms with Crippen molar-refractivity contribution in [2.45, 2.75) is 57.9 Å². The van der Waals surface area contributed by atoms with Gasteiger partial charge in [0.05, 0.1) is 29.0 Å². The molecule has 0 spiro atoms. The number of rotatable bonds is 2. The number of hydrogen-bond donors (Lipinski definition) is 2. The standard InChI is InChI=1S/C25H24FN3O4/c1-4-25(32)15-7-19-22-13(9-29(19)23(30)14(15)10-33-24(25)31)21-17(27-3)6-5-12-11(2)16(26)8-18(28-22)20(12)21/h7-8,17,27,32H,4-6,9-10H2,1-3H3/t17?,25-/m0/s1. The largest absolute Gasteiger partial charge is 0.458 e. The third-order valence-electron chi connectivity index (χ3n) is 7.73. The van der Waals surface area contributed by atoms with Crippen LogP contribution in [0.2, 0.25) is 0 Å². The first-order valence-electron chi connectivity index (χ1n) is 11.3. The van der Waals surface area contributed by atoms with Gasteiger partial charge in [-0.15, -0.1) is 0 Å². The van der Waals surface area contributed by atoms with Crippen molar-refractivity contribution in [1.82, 2.24) is 14.9 Å². The third-order valence-corrected chi connectivity index (χ3v) is 7.73. The van der Waals surface area contributed by atoms with Gasteiger partial charge in [0, 0.05) is 28.6 Å². The molecule has 8 heteroatoms. The molecule has 1 aliphatic carbocycles. The van der Waals surface area contributed by atoms with Gasteiger partial charge in [-0.25, -0.2) is 14.2 Å². The van der Waals surface area contributed by atoms with Crippen LogP contribution < -0.4 is 10.9 Å². The highest BCUT2D eigenvalue weighted by Crippen LogP contribution is 2.45. The fraction of sp³-hybridized carbons (Fsp3) is 0.400. The van der Waals surface area contributed by atoms with E-state index in [2.05, 4.69) is 5.32 Å². The Morgan fingerprint density at radius 3 is 2.82 bits per heavy atom. The highest BCUT2D eigenvalue weighted by molar-refractivity contribution is 5.93. The van der Waals surface area contributed by atoms with E-state index in [-0.39, 0.29) is 36.0 Å². The van der Waals surface area contributed by atoms with Gasteiger partial charge < -0.3 is 19.7 Å². The summed E-state index contributed by atoms with van der Waals surface area (Å²) in [6.45, 7) is 3.65. The maximum Gasteiger partial charge on any atom is 0.343 e. The molecule has 2 aliphatic heterocycles. The number of hydrogen-bond acceptors (Lipinski definition) is 6. The second kappa shape index (κ2) is 6.71. The van der Waals surface area contributed by atoms with Gasteiger partial charge in [0.2, 0.25) is 0 Å². The number of carbonyl (C=O) groups excluding carboxylic acids is 1. The molecule has 0 fully saturated rings. The number of esters is 1. The van der Waals surface area contributed by atoms with Gasteiger partial charge in [-0.1, -0.05) is 6.92 Å². The van der Waals surface area contributed by atoms with Gasteiger partial charge in [0.15, 0.2) is 5.60 Å². The van der Waals surface area contributed by atoms with Crippen molar-refractivity contribution in [1.29, 1.82) is 0 Å². The van der Waals surface area contributed by atoms with E-state index in [0.717, 1.165) is 34.9 Å². The number of halogens is 1. The molecule has 0 radical (unpaired) electrons. The van der Waals surface area contributed by atoms with Crippen LogP contribution in [0, 0.1) is 12.7 Å². The number of nitrogens with zero attached hydrogens (tertiary/aromatic N) is 2. The molecule has 4 heterocycles. The zero-order chi connectivity index (χ0) is 23.2. The average Bonchev–Trinajstić information content (AvgIpc) is 3.18. The quantitative estimate of drug-likeness (QED) is 0.457. The molecule has 6 rings (SSSR count). The molecular weight excluding hydrogens is 425 g/mol. The monoisotopic (exact) mass is 449 g/mol. The molecule has 1 aromatic carbocycles. The van der Waals surface area contributed by atoms with Gasteiger partial charge >= 0.3 is 5.97 Å². The van der Waals surface area contributed by atoms with E-state index in [1.54, 1.807) is 24.5 Å². The van der Waals surface area contributed by atoms with Crippen molar-refractivity contribution in [3.63, 3.8) is 0 Å². The summed E-state index contributed by atoms with van der Waals surface area (Å²) in [5.41, 5.74) is 3.71. The molecule has 0 saturated carbocycles. The molecule has 0 amide bonds. The lowest BCUT2D eigenvalue weighted by molar-refractivity contribution is -0.172. The number of aromatic nitrogens is 2. The van der Waals surface area contributed by atoms with E-state index in [4.69, 9.17) is 9.72 Å². The maximum atomic E-state index is 14.8. The third kappa shape index (κ3) is 2.48. The minimum absolute atomic E-state index is 0.0544. The van der Waals surface area contributed by atoms with Gasteiger partial charge in [-0.2, -0.15) is 0 Å². The molecule has 7 nitrogen and oxygen atoms in total. The van der Waals surface area contributed by atoms with Crippen molar-refractivity contribution < 1.29 is 19.0 Å². The van der Waals surface area contributed by atoms with Crippen LogP contribution in [0.3, 0.4) is 0 Å². The number of benzene rings is 1. The van der Waals surface area contributed by atoms with Gasteiger partial charge in [-0.3, -0.25) is 4.79 Å². The number of cyclic esters (lactones) is 1. The molecule has 0 bridgehead atoms. The summed E-state index contributed by atoms with van der Waals surface area (Å²) in [5, 5.41) is 15.4. The number of aliphatic hydroxyl groups is 1. The van der Waals surface area contributed by atoms with E-state index in [1.807, 2.05) is 7.05 Å². The fourth-order valence-electron chi connectivity index (χ4n) is 5.84. The minimum Gasteiger partial charge on any atom is -0.458 e. The number of nitrogens with one attached hydrogen (secondary N) is 1. The summed E-state index contributed by atoms with van der Waals surface area (Å²) in [7, 11) is 1.90. The molecule has 170 valence electrons. The lowest BCUT2D eigenvalue weighted by Crippen LogP contribution is -2.44.